The highest BCUT2D eigenvalue weighted by atomic mass is 19.4. The van der Waals surface area contributed by atoms with Gasteiger partial charge in [-0.25, -0.2) is 0 Å². The molecule has 1 N–H and O–H groups in total. The van der Waals surface area contributed by atoms with E-state index >= 15 is 0 Å². The van der Waals surface area contributed by atoms with Crippen LogP contribution in [0, 0.1) is 0 Å². The summed E-state index contributed by atoms with van der Waals surface area (Å²) >= 11 is 0. The minimum atomic E-state index is -4.47. The summed E-state index contributed by atoms with van der Waals surface area (Å²) in [6.45, 7) is 0.0736. The van der Waals surface area contributed by atoms with Gasteiger partial charge in [0.15, 0.2) is 0 Å². The number of carbonyl (C=O) groups excluding carboxylic acids is 1. The monoisotopic (exact) mass is 288 g/mol. The van der Waals surface area contributed by atoms with Gasteiger partial charge in [-0.2, -0.15) is 13.2 Å². The molecule has 110 valence electrons. The van der Waals surface area contributed by atoms with Crippen molar-refractivity contribution in [2.75, 3.05) is 13.1 Å². The molecule has 0 saturated carbocycles. The third-order valence-electron chi connectivity index (χ3n) is 3.58. The first kappa shape index (κ1) is 14.6. The maximum Gasteiger partial charge on any atom is 0.416 e. The van der Waals surface area contributed by atoms with Crippen LogP contribution in [0.2, 0.25) is 0 Å². The zero-order valence-electron chi connectivity index (χ0n) is 10.5. The van der Waals surface area contributed by atoms with Crippen molar-refractivity contribution in [3.8, 4) is 0 Å². The highest BCUT2D eigenvalue weighted by molar-refractivity contribution is 5.62. The molecule has 0 unspecified atom stereocenters. The number of carboxylic acid groups (broad SMARTS) is 1. The molecule has 1 amide bonds. The van der Waals surface area contributed by atoms with Crippen molar-refractivity contribution in [3.63, 3.8) is 0 Å². The molecule has 1 aliphatic heterocycles. The number of nitrogens with zero attached hydrogens (tertiary/aromatic N) is 1. The number of amides is 1. The van der Waals surface area contributed by atoms with Crippen LogP contribution in [0.1, 0.15) is 24.0 Å². The number of likely N-dealkylation sites (tertiary alicyclic amines) is 1. The van der Waals surface area contributed by atoms with Crippen molar-refractivity contribution in [2.24, 2.45) is 0 Å². The van der Waals surface area contributed by atoms with Crippen LogP contribution in [0.3, 0.4) is 0 Å². The third-order valence-corrected chi connectivity index (χ3v) is 3.58. The van der Waals surface area contributed by atoms with E-state index in [9.17, 15) is 28.2 Å². The molecule has 1 heterocycles. The minimum Gasteiger partial charge on any atom is -0.530 e. The Hall–Kier alpha value is -1.76. The van der Waals surface area contributed by atoms with Crippen molar-refractivity contribution in [1.29, 1.82) is 0 Å². The van der Waals surface area contributed by atoms with E-state index in [1.165, 1.54) is 12.1 Å². The molecule has 4 nitrogen and oxygen atoms in total. The Balaban J connectivity index is 2.22. The lowest BCUT2D eigenvalue weighted by Gasteiger charge is -2.39. The van der Waals surface area contributed by atoms with Crippen molar-refractivity contribution < 1.29 is 28.2 Å². The standard InChI is InChI=1S/C13H14F3NO3/c14-13(15,16)10-3-1-2-9(8-10)12(20)4-6-17(7-5-12)11(18)19/h1-3,8,20H,4-7H2,(H,18,19)/p-1. The number of carbonyl (C=O) groups is 1. The van der Waals surface area contributed by atoms with E-state index < -0.39 is 23.4 Å². The Labute approximate surface area is 113 Å². The van der Waals surface area contributed by atoms with E-state index in [1.54, 1.807) is 0 Å². The first-order valence-corrected chi connectivity index (χ1v) is 6.08. The minimum absolute atomic E-state index is 0.0368. The molecule has 20 heavy (non-hydrogen) atoms. The average molecular weight is 288 g/mol. The number of benzene rings is 1. The van der Waals surface area contributed by atoms with Gasteiger partial charge in [-0.1, -0.05) is 12.1 Å². The number of hydrogen-bond donors (Lipinski definition) is 1. The zero-order valence-corrected chi connectivity index (χ0v) is 10.5. The first-order valence-electron chi connectivity index (χ1n) is 6.08. The van der Waals surface area contributed by atoms with Gasteiger partial charge in [0.1, 0.15) is 6.09 Å². The van der Waals surface area contributed by atoms with E-state index in [0.717, 1.165) is 17.0 Å². The molecule has 1 aliphatic rings. The van der Waals surface area contributed by atoms with Gasteiger partial charge in [0, 0.05) is 13.1 Å². The smallest absolute Gasteiger partial charge is 0.416 e. The number of piperidine rings is 1. The number of hydrogen-bond acceptors (Lipinski definition) is 3. The molecule has 0 aromatic heterocycles. The highest BCUT2D eigenvalue weighted by Crippen LogP contribution is 2.36. The fourth-order valence-electron chi connectivity index (χ4n) is 2.33. The van der Waals surface area contributed by atoms with Gasteiger partial charge in [0.25, 0.3) is 0 Å². The molecule has 1 saturated heterocycles. The maximum atomic E-state index is 12.7. The maximum absolute atomic E-state index is 12.7. The van der Waals surface area contributed by atoms with Crippen LogP contribution in [0.25, 0.3) is 0 Å². The van der Waals surface area contributed by atoms with Crippen LogP contribution in [0.4, 0.5) is 18.0 Å². The molecule has 1 fully saturated rings. The summed E-state index contributed by atoms with van der Waals surface area (Å²) in [7, 11) is 0. The second-order valence-corrected chi connectivity index (χ2v) is 4.86. The van der Waals surface area contributed by atoms with Gasteiger partial charge in [0.05, 0.1) is 11.2 Å². The Kier molecular flexibility index (Phi) is 3.64. The van der Waals surface area contributed by atoms with Gasteiger partial charge in [-0.15, -0.1) is 0 Å². The Bertz CT molecular complexity index is 508. The van der Waals surface area contributed by atoms with Crippen molar-refractivity contribution in [1.82, 2.24) is 4.90 Å². The molecule has 0 radical (unpaired) electrons. The fourth-order valence-corrected chi connectivity index (χ4v) is 2.33. The van der Waals surface area contributed by atoms with Crippen LogP contribution in [0.15, 0.2) is 24.3 Å². The van der Waals surface area contributed by atoms with Crippen LogP contribution < -0.4 is 5.11 Å². The van der Waals surface area contributed by atoms with E-state index in [0.29, 0.717) is 0 Å². The lowest BCUT2D eigenvalue weighted by molar-refractivity contribution is -0.268. The summed E-state index contributed by atoms with van der Waals surface area (Å²) in [5.41, 5.74) is -2.11. The van der Waals surface area contributed by atoms with Gasteiger partial charge in [-0.05, 0) is 30.5 Å². The van der Waals surface area contributed by atoms with Crippen molar-refractivity contribution >= 4 is 6.09 Å². The number of rotatable bonds is 1. The van der Waals surface area contributed by atoms with E-state index in [1.807, 2.05) is 0 Å². The normalized spacial score (nSPS) is 18.9. The highest BCUT2D eigenvalue weighted by Gasteiger charge is 2.37. The average Bonchev–Trinajstić information content (AvgIpc) is 2.38. The SMILES string of the molecule is O=C([O-])N1CCC(O)(c2cccc(C(F)(F)F)c2)CC1. The molecular weight excluding hydrogens is 275 g/mol. The van der Waals surface area contributed by atoms with E-state index in [2.05, 4.69) is 0 Å². The van der Waals surface area contributed by atoms with Gasteiger partial charge < -0.3 is 19.9 Å². The van der Waals surface area contributed by atoms with Gasteiger partial charge >= 0.3 is 6.18 Å². The van der Waals surface area contributed by atoms with Crippen LogP contribution >= 0.6 is 0 Å². The summed E-state index contributed by atoms with van der Waals surface area (Å²) in [6.07, 6.45) is -5.72. The Morgan fingerprint density at radius 3 is 2.40 bits per heavy atom. The molecule has 1 aromatic rings. The lowest BCUT2D eigenvalue weighted by atomic mass is 9.84. The topological polar surface area (TPSA) is 63.6 Å². The summed E-state index contributed by atoms with van der Waals surface area (Å²) in [5, 5.41) is 21.1. The molecule has 0 aliphatic carbocycles. The van der Waals surface area contributed by atoms with Crippen molar-refractivity contribution in [2.45, 2.75) is 24.6 Å². The van der Waals surface area contributed by atoms with Gasteiger partial charge in [0.2, 0.25) is 0 Å². The molecule has 0 bridgehead atoms. The van der Waals surface area contributed by atoms with Gasteiger partial charge in [-0.3, -0.25) is 0 Å². The van der Waals surface area contributed by atoms with E-state index in [-0.39, 0.29) is 31.5 Å². The van der Waals surface area contributed by atoms with Crippen LogP contribution in [-0.2, 0) is 11.8 Å². The molecular formula is C13H13F3NO3-. The summed E-state index contributed by atoms with van der Waals surface area (Å²) in [5.74, 6) is 0. The quantitative estimate of drug-likeness (QED) is 0.848. The second kappa shape index (κ2) is 4.97. The fraction of sp³-hybridized carbons (Fsp3) is 0.462. The number of halogens is 3. The molecule has 0 spiro atoms. The Morgan fingerprint density at radius 2 is 1.90 bits per heavy atom. The zero-order chi connectivity index (χ0) is 15.0. The number of aliphatic hydroxyl groups is 1. The predicted molar refractivity (Wildman–Crippen MR) is 61.5 cm³/mol. The summed E-state index contributed by atoms with van der Waals surface area (Å²) in [6, 6.07) is 4.50. The van der Waals surface area contributed by atoms with Crippen molar-refractivity contribution in [3.05, 3.63) is 35.4 Å². The van der Waals surface area contributed by atoms with E-state index in [4.69, 9.17) is 0 Å². The Morgan fingerprint density at radius 1 is 1.30 bits per heavy atom. The van der Waals surface area contributed by atoms with Crippen LogP contribution in [-0.4, -0.2) is 29.2 Å². The molecule has 0 atom stereocenters. The molecule has 2 rings (SSSR count). The summed E-state index contributed by atoms with van der Waals surface area (Å²) < 4.78 is 38.0. The first-order chi connectivity index (χ1) is 9.22. The third kappa shape index (κ3) is 2.87. The molecule has 7 heteroatoms. The largest absolute Gasteiger partial charge is 0.530 e. The summed E-state index contributed by atoms with van der Waals surface area (Å²) in [4.78, 5) is 11.7. The molecule has 1 aromatic carbocycles. The second-order valence-electron chi connectivity index (χ2n) is 4.86. The number of alkyl halides is 3. The predicted octanol–water partition coefficient (Wildman–Crippen LogP) is 1.33. The lowest BCUT2D eigenvalue weighted by Crippen LogP contribution is -2.49. The van der Waals surface area contributed by atoms with Crippen LogP contribution in [0.5, 0.6) is 0 Å².